The number of hydrogen-bond acceptors (Lipinski definition) is 3. The molecular formula is C21H27NO4. The van der Waals surface area contributed by atoms with Gasteiger partial charge in [-0.3, -0.25) is 0 Å². The molecule has 0 saturated carbocycles. The van der Waals surface area contributed by atoms with Crippen LogP contribution in [0.5, 0.6) is 5.75 Å². The third-order valence-electron chi connectivity index (χ3n) is 4.30. The normalized spacial score (nSPS) is 11.8. The summed E-state index contributed by atoms with van der Waals surface area (Å²) in [6, 6.07) is 17.8. The lowest BCUT2D eigenvalue weighted by atomic mass is 10.1. The van der Waals surface area contributed by atoms with E-state index in [0.29, 0.717) is 13.0 Å². The van der Waals surface area contributed by atoms with Crippen molar-refractivity contribution >= 4 is 6.09 Å². The molecule has 0 fully saturated rings. The predicted molar refractivity (Wildman–Crippen MR) is 102 cm³/mol. The minimum Gasteiger partial charge on any atom is -0.486 e. The van der Waals surface area contributed by atoms with E-state index in [1.807, 2.05) is 54.6 Å². The third kappa shape index (κ3) is 6.41. The Balaban J connectivity index is 2.02. The molecule has 26 heavy (non-hydrogen) atoms. The second kappa shape index (κ2) is 10.5. The summed E-state index contributed by atoms with van der Waals surface area (Å²) in [4.78, 5) is 12.3. The number of nitrogens with zero attached hydrogens (tertiary/aromatic N) is 1. The average molecular weight is 357 g/mol. The van der Waals surface area contributed by atoms with E-state index in [1.54, 1.807) is 7.05 Å². The van der Waals surface area contributed by atoms with Gasteiger partial charge in [0, 0.05) is 26.6 Å². The van der Waals surface area contributed by atoms with E-state index in [1.165, 1.54) is 10.5 Å². The maximum absolute atomic E-state index is 11.0. The number of rotatable bonds is 10. The van der Waals surface area contributed by atoms with Crippen molar-refractivity contribution in [3.05, 3.63) is 65.7 Å². The molecule has 1 unspecified atom stereocenters. The molecule has 5 heteroatoms. The summed E-state index contributed by atoms with van der Waals surface area (Å²) in [5, 5.41) is 17.9. The summed E-state index contributed by atoms with van der Waals surface area (Å²) < 4.78 is 6.15. The Labute approximate surface area is 154 Å². The molecule has 0 aliphatic rings. The monoisotopic (exact) mass is 357 g/mol. The topological polar surface area (TPSA) is 70.0 Å². The van der Waals surface area contributed by atoms with Crippen LogP contribution in [0.4, 0.5) is 4.79 Å². The molecule has 0 radical (unpaired) electrons. The summed E-state index contributed by atoms with van der Waals surface area (Å²) >= 11 is 0. The number of ether oxygens (including phenoxy) is 1. The highest BCUT2D eigenvalue weighted by molar-refractivity contribution is 5.64. The summed E-state index contributed by atoms with van der Waals surface area (Å²) in [6.07, 6.45) is 2.13. The number of amides is 1. The van der Waals surface area contributed by atoms with Gasteiger partial charge in [-0.2, -0.15) is 0 Å². The van der Waals surface area contributed by atoms with Gasteiger partial charge in [-0.05, 0) is 42.5 Å². The van der Waals surface area contributed by atoms with Crippen LogP contribution < -0.4 is 4.74 Å². The zero-order chi connectivity index (χ0) is 18.8. The van der Waals surface area contributed by atoms with Crippen LogP contribution >= 0.6 is 0 Å². The number of unbranched alkanes of at least 4 members (excludes halogenated alkanes) is 1. The minimum atomic E-state index is -0.941. The number of carbonyl (C=O) groups is 1. The molecule has 0 bridgehead atoms. The van der Waals surface area contributed by atoms with E-state index < -0.39 is 6.09 Å². The lowest BCUT2D eigenvalue weighted by Crippen LogP contribution is -2.27. The van der Waals surface area contributed by atoms with Crippen molar-refractivity contribution < 1.29 is 19.7 Å². The van der Waals surface area contributed by atoms with Gasteiger partial charge in [0.1, 0.15) is 11.9 Å². The Morgan fingerprint density at radius 3 is 2.38 bits per heavy atom. The van der Waals surface area contributed by atoms with E-state index in [9.17, 15) is 4.79 Å². The van der Waals surface area contributed by atoms with Gasteiger partial charge in [-0.1, -0.05) is 42.5 Å². The molecule has 2 aromatic carbocycles. The van der Waals surface area contributed by atoms with Crippen LogP contribution in [0.2, 0.25) is 0 Å². The zero-order valence-corrected chi connectivity index (χ0v) is 15.2. The molecule has 2 N–H and O–H groups in total. The predicted octanol–water partition coefficient (Wildman–Crippen LogP) is 4.12. The Morgan fingerprint density at radius 1 is 1.08 bits per heavy atom. The minimum absolute atomic E-state index is 0.210. The standard InChI is InChI=1S/C21H27NO4/c1-22(21(24)25)15-14-20(18-8-3-2-4-9-18)26-19-12-10-17(11-13-19)7-5-6-16-23/h2-4,8-13,20,23H,5-7,14-16H2,1H3,(H,24,25). The summed E-state index contributed by atoms with van der Waals surface area (Å²) in [5.41, 5.74) is 2.24. The van der Waals surface area contributed by atoms with Crippen molar-refractivity contribution in [2.75, 3.05) is 20.2 Å². The van der Waals surface area contributed by atoms with E-state index in [-0.39, 0.29) is 12.7 Å². The van der Waals surface area contributed by atoms with Crippen molar-refractivity contribution in [3.8, 4) is 5.75 Å². The van der Waals surface area contributed by atoms with Gasteiger partial charge in [-0.15, -0.1) is 0 Å². The molecule has 0 spiro atoms. The zero-order valence-electron chi connectivity index (χ0n) is 15.2. The number of aliphatic hydroxyl groups is 1. The van der Waals surface area contributed by atoms with Gasteiger partial charge in [0.2, 0.25) is 0 Å². The first-order chi connectivity index (χ1) is 12.6. The average Bonchev–Trinajstić information content (AvgIpc) is 2.67. The molecular weight excluding hydrogens is 330 g/mol. The lowest BCUT2D eigenvalue weighted by Gasteiger charge is -2.22. The van der Waals surface area contributed by atoms with Gasteiger partial charge in [-0.25, -0.2) is 4.79 Å². The van der Waals surface area contributed by atoms with Crippen LogP contribution in [0.15, 0.2) is 54.6 Å². The highest BCUT2D eigenvalue weighted by atomic mass is 16.5. The van der Waals surface area contributed by atoms with Crippen molar-refractivity contribution in [3.63, 3.8) is 0 Å². The molecule has 0 aromatic heterocycles. The first kappa shape index (κ1) is 19.8. The molecule has 140 valence electrons. The van der Waals surface area contributed by atoms with Gasteiger partial charge in [0.25, 0.3) is 0 Å². The maximum Gasteiger partial charge on any atom is 0.407 e. The Bertz CT molecular complexity index is 657. The number of hydrogen-bond donors (Lipinski definition) is 2. The van der Waals surface area contributed by atoms with Crippen molar-refractivity contribution in [2.24, 2.45) is 0 Å². The van der Waals surface area contributed by atoms with Crippen LogP contribution in [0.1, 0.15) is 36.5 Å². The Hall–Kier alpha value is -2.53. The molecule has 2 aromatic rings. The fraction of sp³-hybridized carbons (Fsp3) is 0.381. The molecule has 1 amide bonds. The summed E-state index contributed by atoms with van der Waals surface area (Å²) in [7, 11) is 1.56. The van der Waals surface area contributed by atoms with E-state index in [2.05, 4.69) is 0 Å². The highest BCUT2D eigenvalue weighted by Gasteiger charge is 2.16. The third-order valence-corrected chi connectivity index (χ3v) is 4.30. The molecule has 0 aliphatic carbocycles. The van der Waals surface area contributed by atoms with Crippen LogP contribution in [-0.4, -0.2) is 41.4 Å². The number of aliphatic hydroxyl groups excluding tert-OH is 1. The van der Waals surface area contributed by atoms with Gasteiger partial charge >= 0.3 is 6.09 Å². The maximum atomic E-state index is 11.0. The van der Waals surface area contributed by atoms with Gasteiger partial charge in [0.05, 0.1) is 0 Å². The van der Waals surface area contributed by atoms with Crippen molar-refractivity contribution in [2.45, 2.75) is 31.8 Å². The number of benzene rings is 2. The van der Waals surface area contributed by atoms with Gasteiger partial charge < -0.3 is 19.8 Å². The Morgan fingerprint density at radius 2 is 1.77 bits per heavy atom. The van der Waals surface area contributed by atoms with Crippen molar-refractivity contribution in [1.29, 1.82) is 0 Å². The molecule has 0 saturated heterocycles. The first-order valence-electron chi connectivity index (χ1n) is 8.95. The van der Waals surface area contributed by atoms with Gasteiger partial charge in [0.15, 0.2) is 0 Å². The van der Waals surface area contributed by atoms with E-state index in [0.717, 1.165) is 30.6 Å². The molecule has 5 nitrogen and oxygen atoms in total. The van der Waals surface area contributed by atoms with Crippen LogP contribution in [0.25, 0.3) is 0 Å². The summed E-state index contributed by atoms with van der Waals surface area (Å²) in [6.45, 7) is 0.624. The van der Waals surface area contributed by atoms with E-state index in [4.69, 9.17) is 14.9 Å². The number of carboxylic acid groups (broad SMARTS) is 1. The van der Waals surface area contributed by atoms with Crippen LogP contribution in [0, 0.1) is 0 Å². The van der Waals surface area contributed by atoms with E-state index >= 15 is 0 Å². The molecule has 0 heterocycles. The SMILES string of the molecule is CN(CCC(Oc1ccc(CCCCO)cc1)c1ccccc1)C(=O)O. The first-order valence-corrected chi connectivity index (χ1v) is 8.95. The Kier molecular flexibility index (Phi) is 7.96. The fourth-order valence-electron chi connectivity index (χ4n) is 2.71. The highest BCUT2D eigenvalue weighted by Crippen LogP contribution is 2.25. The second-order valence-electron chi connectivity index (χ2n) is 6.33. The van der Waals surface area contributed by atoms with Crippen molar-refractivity contribution in [1.82, 2.24) is 4.90 Å². The molecule has 1 atom stereocenters. The number of aryl methyl sites for hydroxylation is 1. The lowest BCUT2D eigenvalue weighted by molar-refractivity contribution is 0.140. The smallest absolute Gasteiger partial charge is 0.407 e. The molecule has 2 rings (SSSR count). The summed E-state index contributed by atoms with van der Waals surface area (Å²) in [5.74, 6) is 0.766. The molecule has 0 aliphatic heterocycles. The fourth-order valence-corrected chi connectivity index (χ4v) is 2.71. The second-order valence-corrected chi connectivity index (χ2v) is 6.33. The van der Waals surface area contributed by atoms with Crippen LogP contribution in [-0.2, 0) is 6.42 Å². The largest absolute Gasteiger partial charge is 0.486 e. The quantitative estimate of drug-likeness (QED) is 0.628. The van der Waals surface area contributed by atoms with Crippen LogP contribution in [0.3, 0.4) is 0 Å².